The van der Waals surface area contributed by atoms with Gasteiger partial charge in [0.05, 0.1) is 18.0 Å². The Morgan fingerprint density at radius 2 is 2.55 bits per heavy atom. The van der Waals surface area contributed by atoms with E-state index in [1.54, 1.807) is 12.4 Å². The van der Waals surface area contributed by atoms with Crippen molar-refractivity contribution in [1.82, 2.24) is 4.98 Å². The molecule has 0 aromatic carbocycles. The molecule has 0 aliphatic heterocycles. The molecule has 1 aromatic heterocycles. The summed E-state index contributed by atoms with van der Waals surface area (Å²) in [7, 11) is 0. The van der Waals surface area contributed by atoms with Gasteiger partial charge in [-0.1, -0.05) is 0 Å². The van der Waals surface area contributed by atoms with E-state index in [2.05, 4.69) is 32.9 Å². The smallest absolute Gasteiger partial charge is 0.103 e. The van der Waals surface area contributed by atoms with Gasteiger partial charge in [0, 0.05) is 9.77 Å². The molecular weight excluding hydrogens is 253 g/mol. The van der Waals surface area contributed by atoms with Crippen LogP contribution in [0.1, 0.15) is 0 Å². The first-order valence-corrected chi connectivity index (χ1v) is 4.13. The van der Waals surface area contributed by atoms with E-state index in [4.69, 9.17) is 5.26 Å². The number of halogens is 1. The Bertz CT molecular complexity index is 279. The Balaban J connectivity index is 2.71. The summed E-state index contributed by atoms with van der Waals surface area (Å²) in [6, 6.07) is 3.89. The van der Waals surface area contributed by atoms with Gasteiger partial charge >= 0.3 is 0 Å². The molecule has 3 nitrogen and oxygen atoms in total. The molecule has 0 saturated heterocycles. The van der Waals surface area contributed by atoms with Crippen LogP contribution in [0, 0.1) is 14.9 Å². The molecule has 0 amide bonds. The number of nitrogens with zero attached hydrogens (tertiary/aromatic N) is 2. The minimum atomic E-state index is 0.321. The van der Waals surface area contributed by atoms with Crippen molar-refractivity contribution < 1.29 is 0 Å². The lowest BCUT2D eigenvalue weighted by Crippen LogP contribution is -2.00. The number of hydrogen-bond acceptors (Lipinski definition) is 3. The monoisotopic (exact) mass is 259 g/mol. The SMILES string of the molecule is N#CCNc1cnccc1I. The Labute approximate surface area is 78.6 Å². The molecule has 0 radical (unpaired) electrons. The molecular formula is C7H6IN3. The van der Waals surface area contributed by atoms with E-state index >= 15 is 0 Å². The van der Waals surface area contributed by atoms with Crippen molar-refractivity contribution in [2.75, 3.05) is 11.9 Å². The molecule has 1 N–H and O–H groups in total. The van der Waals surface area contributed by atoms with Gasteiger partial charge in [0.25, 0.3) is 0 Å². The predicted molar refractivity (Wildman–Crippen MR) is 51.1 cm³/mol. The Kier molecular flexibility index (Phi) is 3.11. The highest BCUT2D eigenvalue weighted by molar-refractivity contribution is 14.1. The van der Waals surface area contributed by atoms with Crippen molar-refractivity contribution >= 4 is 28.3 Å². The summed E-state index contributed by atoms with van der Waals surface area (Å²) in [4.78, 5) is 3.92. The van der Waals surface area contributed by atoms with Crippen molar-refractivity contribution in [2.24, 2.45) is 0 Å². The molecule has 1 heterocycles. The fourth-order valence-electron chi connectivity index (χ4n) is 0.642. The van der Waals surface area contributed by atoms with Crippen LogP contribution in [0.25, 0.3) is 0 Å². The molecule has 0 saturated carbocycles. The second-order valence-electron chi connectivity index (χ2n) is 1.87. The molecule has 11 heavy (non-hydrogen) atoms. The maximum atomic E-state index is 8.28. The minimum Gasteiger partial charge on any atom is -0.370 e. The van der Waals surface area contributed by atoms with Gasteiger partial charge in [-0.05, 0) is 28.7 Å². The first-order chi connectivity index (χ1) is 5.34. The van der Waals surface area contributed by atoms with Crippen LogP contribution in [0.15, 0.2) is 18.5 Å². The van der Waals surface area contributed by atoms with Gasteiger partial charge in [0.2, 0.25) is 0 Å². The fourth-order valence-corrected chi connectivity index (χ4v) is 1.13. The van der Waals surface area contributed by atoms with Crippen LogP contribution in [0.3, 0.4) is 0 Å². The average molecular weight is 259 g/mol. The summed E-state index contributed by atoms with van der Waals surface area (Å²) >= 11 is 2.19. The first kappa shape index (κ1) is 8.27. The molecule has 0 unspecified atom stereocenters. The van der Waals surface area contributed by atoms with Gasteiger partial charge < -0.3 is 5.32 Å². The lowest BCUT2D eigenvalue weighted by atomic mass is 10.4. The van der Waals surface area contributed by atoms with Crippen LogP contribution in [0.5, 0.6) is 0 Å². The van der Waals surface area contributed by atoms with E-state index in [1.165, 1.54) is 0 Å². The van der Waals surface area contributed by atoms with E-state index in [-0.39, 0.29) is 0 Å². The van der Waals surface area contributed by atoms with E-state index < -0.39 is 0 Å². The van der Waals surface area contributed by atoms with Crippen LogP contribution < -0.4 is 5.32 Å². The lowest BCUT2D eigenvalue weighted by molar-refractivity contribution is 1.25. The quantitative estimate of drug-likeness (QED) is 0.648. The third-order valence-corrected chi connectivity index (χ3v) is 2.07. The minimum absolute atomic E-state index is 0.321. The van der Waals surface area contributed by atoms with E-state index in [0.29, 0.717) is 6.54 Å². The van der Waals surface area contributed by atoms with Gasteiger partial charge in [0.1, 0.15) is 6.54 Å². The number of nitrogens with one attached hydrogen (secondary N) is 1. The lowest BCUT2D eigenvalue weighted by Gasteiger charge is -2.01. The van der Waals surface area contributed by atoms with E-state index in [1.807, 2.05) is 12.1 Å². The first-order valence-electron chi connectivity index (χ1n) is 3.05. The van der Waals surface area contributed by atoms with Gasteiger partial charge in [-0.15, -0.1) is 0 Å². The summed E-state index contributed by atoms with van der Waals surface area (Å²) in [5, 5.41) is 11.2. The number of rotatable bonds is 2. The van der Waals surface area contributed by atoms with Crippen molar-refractivity contribution in [3.63, 3.8) is 0 Å². The Hall–Kier alpha value is -0.830. The third-order valence-electron chi connectivity index (χ3n) is 1.13. The summed E-state index contributed by atoms with van der Waals surface area (Å²) in [6.07, 6.45) is 3.43. The highest BCUT2D eigenvalue weighted by Gasteiger charge is 1.95. The highest BCUT2D eigenvalue weighted by atomic mass is 127. The third kappa shape index (κ3) is 2.35. The molecule has 0 spiro atoms. The zero-order valence-electron chi connectivity index (χ0n) is 5.71. The highest BCUT2D eigenvalue weighted by Crippen LogP contribution is 2.14. The van der Waals surface area contributed by atoms with E-state index in [9.17, 15) is 0 Å². The van der Waals surface area contributed by atoms with Crippen LogP contribution in [-0.2, 0) is 0 Å². The number of hydrogen-bond donors (Lipinski definition) is 1. The normalized spacial score (nSPS) is 8.73. The molecule has 56 valence electrons. The van der Waals surface area contributed by atoms with E-state index in [0.717, 1.165) is 9.26 Å². The molecule has 0 atom stereocenters. The Morgan fingerprint density at radius 1 is 1.73 bits per heavy atom. The van der Waals surface area contributed by atoms with Crippen molar-refractivity contribution in [1.29, 1.82) is 5.26 Å². The van der Waals surface area contributed by atoms with Crippen molar-refractivity contribution in [2.45, 2.75) is 0 Å². The molecule has 0 aliphatic carbocycles. The van der Waals surface area contributed by atoms with Crippen LogP contribution >= 0.6 is 22.6 Å². The van der Waals surface area contributed by atoms with Crippen LogP contribution in [0.2, 0.25) is 0 Å². The number of pyridine rings is 1. The number of nitriles is 1. The van der Waals surface area contributed by atoms with Crippen molar-refractivity contribution in [3.05, 3.63) is 22.0 Å². The molecule has 0 fully saturated rings. The number of anilines is 1. The topological polar surface area (TPSA) is 48.7 Å². The second-order valence-corrected chi connectivity index (χ2v) is 3.03. The zero-order chi connectivity index (χ0) is 8.10. The maximum Gasteiger partial charge on any atom is 0.103 e. The summed E-state index contributed by atoms with van der Waals surface area (Å²) < 4.78 is 1.08. The Morgan fingerprint density at radius 3 is 3.18 bits per heavy atom. The van der Waals surface area contributed by atoms with Gasteiger partial charge in [-0.3, -0.25) is 4.98 Å². The molecule has 0 aliphatic rings. The zero-order valence-corrected chi connectivity index (χ0v) is 7.87. The summed E-state index contributed by atoms with van der Waals surface area (Å²) in [5.74, 6) is 0. The van der Waals surface area contributed by atoms with Gasteiger partial charge in [-0.25, -0.2) is 0 Å². The summed E-state index contributed by atoms with van der Waals surface area (Å²) in [6.45, 7) is 0.321. The van der Waals surface area contributed by atoms with Crippen LogP contribution in [-0.4, -0.2) is 11.5 Å². The predicted octanol–water partition coefficient (Wildman–Crippen LogP) is 1.62. The molecule has 1 rings (SSSR count). The maximum absolute atomic E-state index is 8.28. The standard InChI is InChI=1S/C7H6IN3/c8-6-1-3-10-5-7(6)11-4-2-9/h1,3,5,11H,4H2. The fraction of sp³-hybridized carbons (Fsp3) is 0.143. The van der Waals surface area contributed by atoms with Gasteiger partial charge in [0.15, 0.2) is 0 Å². The van der Waals surface area contributed by atoms with Crippen LogP contribution in [0.4, 0.5) is 5.69 Å². The molecule has 0 bridgehead atoms. The molecule has 4 heteroatoms. The second kappa shape index (κ2) is 4.13. The van der Waals surface area contributed by atoms with Gasteiger partial charge in [-0.2, -0.15) is 5.26 Å². The molecule has 1 aromatic rings. The average Bonchev–Trinajstić information content (AvgIpc) is 2.03. The van der Waals surface area contributed by atoms with Crippen molar-refractivity contribution in [3.8, 4) is 6.07 Å². The largest absolute Gasteiger partial charge is 0.370 e. The number of aromatic nitrogens is 1. The summed E-state index contributed by atoms with van der Waals surface area (Å²) in [5.41, 5.74) is 0.912.